The van der Waals surface area contributed by atoms with E-state index in [0.29, 0.717) is 11.1 Å². The van der Waals surface area contributed by atoms with E-state index in [1.165, 1.54) is 21.0 Å². The Bertz CT molecular complexity index is 950. The predicted octanol–water partition coefficient (Wildman–Crippen LogP) is 3.78. The summed E-state index contributed by atoms with van der Waals surface area (Å²) in [4.78, 5) is 37.6. The standard InChI is InChI=1S/C28H43ClO9/c1-11-15(3)25(32)37-20(14-22(31)27(7,8)35-10)17(5)19-13-21(29)28(9,34)24(36-18(6)30)23(19)38-26(33)16(4)12-2/h11-12,19-24,31,34H,5,13-14H2,1-4,6-10H3/b15-11-,16-12-/t19-,20+,21+,22-,23+,24+,28-/m1/s1. The Balaban J connectivity index is 3.62. The molecule has 0 aromatic rings. The molecule has 1 rings (SSSR count). The first-order chi connectivity index (χ1) is 17.4. The van der Waals surface area contributed by atoms with Gasteiger partial charge in [-0.3, -0.25) is 4.79 Å². The van der Waals surface area contributed by atoms with Crippen LogP contribution in [-0.4, -0.2) is 76.2 Å². The van der Waals surface area contributed by atoms with Crippen LogP contribution in [0.25, 0.3) is 0 Å². The zero-order valence-electron chi connectivity index (χ0n) is 23.9. The number of aliphatic hydroxyl groups excluding tert-OH is 1. The number of esters is 3. The third kappa shape index (κ3) is 8.15. The second-order valence-corrected chi connectivity index (χ2v) is 10.9. The van der Waals surface area contributed by atoms with Crippen molar-refractivity contribution in [2.45, 2.75) is 109 Å². The van der Waals surface area contributed by atoms with Gasteiger partial charge in [0.2, 0.25) is 0 Å². The first-order valence-electron chi connectivity index (χ1n) is 12.6. The molecule has 1 saturated carbocycles. The number of carbonyl (C=O) groups excluding carboxylic acids is 3. The Labute approximate surface area is 230 Å². The van der Waals surface area contributed by atoms with Crippen molar-refractivity contribution in [2.75, 3.05) is 7.11 Å². The van der Waals surface area contributed by atoms with Gasteiger partial charge in [-0.2, -0.15) is 0 Å². The SMILES string of the molecule is C=C([C@H](C[C@@H](O)C(C)(C)OC)OC(=O)/C(C)=C\C)[C@H]1C[C@H](Cl)[C@@](C)(O)[C@@H](OC(C)=O)[C@H]1OC(=O)/C(C)=C\C. The van der Waals surface area contributed by atoms with Crippen molar-refractivity contribution in [1.82, 2.24) is 0 Å². The van der Waals surface area contributed by atoms with E-state index in [0.717, 1.165) is 0 Å². The van der Waals surface area contributed by atoms with Crippen molar-refractivity contribution < 1.29 is 43.5 Å². The third-order valence-corrected chi connectivity index (χ3v) is 7.94. The topological polar surface area (TPSA) is 129 Å². The van der Waals surface area contributed by atoms with Gasteiger partial charge in [0.15, 0.2) is 6.10 Å². The number of allylic oxidation sites excluding steroid dienone is 2. The normalized spacial score (nSPS) is 28.2. The maximum absolute atomic E-state index is 12.8. The third-order valence-electron chi connectivity index (χ3n) is 7.32. The van der Waals surface area contributed by atoms with Gasteiger partial charge in [-0.25, -0.2) is 9.59 Å². The monoisotopic (exact) mass is 558 g/mol. The van der Waals surface area contributed by atoms with E-state index in [1.807, 2.05) is 0 Å². The van der Waals surface area contributed by atoms with Crippen LogP contribution < -0.4 is 0 Å². The Kier molecular flexibility index (Phi) is 12.2. The van der Waals surface area contributed by atoms with Crippen molar-refractivity contribution in [3.05, 3.63) is 35.5 Å². The summed E-state index contributed by atoms with van der Waals surface area (Å²) in [6.45, 7) is 16.6. The molecule has 7 atom stereocenters. The number of carbonyl (C=O) groups is 3. The Morgan fingerprint density at radius 1 is 1.11 bits per heavy atom. The van der Waals surface area contributed by atoms with E-state index >= 15 is 0 Å². The van der Waals surface area contributed by atoms with Crippen LogP contribution in [0.2, 0.25) is 0 Å². The summed E-state index contributed by atoms with van der Waals surface area (Å²) in [6, 6.07) is 0. The highest BCUT2D eigenvalue weighted by Crippen LogP contribution is 2.44. The highest BCUT2D eigenvalue weighted by molar-refractivity contribution is 6.21. The van der Waals surface area contributed by atoms with Gasteiger partial charge in [0.25, 0.3) is 0 Å². The molecule has 38 heavy (non-hydrogen) atoms. The fourth-order valence-corrected chi connectivity index (χ4v) is 4.32. The minimum Gasteiger partial charge on any atom is -0.455 e. The van der Waals surface area contributed by atoms with Gasteiger partial charge >= 0.3 is 17.9 Å². The largest absolute Gasteiger partial charge is 0.455 e. The van der Waals surface area contributed by atoms with Crippen molar-refractivity contribution in [2.24, 2.45) is 5.92 Å². The molecule has 0 amide bonds. The van der Waals surface area contributed by atoms with Crippen molar-refractivity contribution in [3.8, 4) is 0 Å². The molecule has 0 heterocycles. The quantitative estimate of drug-likeness (QED) is 0.128. The minimum absolute atomic E-state index is 0.0540. The van der Waals surface area contributed by atoms with Gasteiger partial charge in [0.1, 0.15) is 17.8 Å². The molecule has 0 bridgehead atoms. The average molecular weight is 559 g/mol. The van der Waals surface area contributed by atoms with Gasteiger partial charge in [-0.15, -0.1) is 11.6 Å². The predicted molar refractivity (Wildman–Crippen MR) is 143 cm³/mol. The van der Waals surface area contributed by atoms with Crippen molar-refractivity contribution >= 4 is 29.5 Å². The van der Waals surface area contributed by atoms with Crippen LogP contribution in [-0.2, 0) is 33.3 Å². The molecule has 0 aromatic carbocycles. The van der Waals surface area contributed by atoms with Crippen LogP contribution in [0.15, 0.2) is 35.5 Å². The number of hydrogen-bond acceptors (Lipinski definition) is 9. The molecule has 1 fully saturated rings. The molecule has 9 nitrogen and oxygen atoms in total. The summed E-state index contributed by atoms with van der Waals surface area (Å²) in [7, 11) is 1.45. The molecule has 216 valence electrons. The minimum atomic E-state index is -1.76. The molecule has 0 unspecified atom stereocenters. The molecule has 0 spiro atoms. The summed E-state index contributed by atoms with van der Waals surface area (Å²) in [6.07, 6.45) is -1.58. The smallest absolute Gasteiger partial charge is 0.333 e. The van der Waals surface area contributed by atoms with Crippen molar-refractivity contribution in [3.63, 3.8) is 0 Å². The van der Waals surface area contributed by atoms with Crippen LogP contribution in [0.4, 0.5) is 0 Å². The highest BCUT2D eigenvalue weighted by Gasteiger charge is 2.56. The number of alkyl halides is 1. The van der Waals surface area contributed by atoms with Crippen LogP contribution in [0.5, 0.6) is 0 Å². The molecule has 1 aliphatic carbocycles. The first-order valence-corrected chi connectivity index (χ1v) is 13.0. The molecule has 2 N–H and O–H groups in total. The Hall–Kier alpha value is -2.20. The number of aliphatic hydroxyl groups is 2. The van der Waals surface area contributed by atoms with E-state index in [4.69, 9.17) is 30.5 Å². The lowest BCUT2D eigenvalue weighted by atomic mass is 9.70. The zero-order chi connectivity index (χ0) is 29.6. The number of halogens is 1. The average Bonchev–Trinajstić information content (AvgIpc) is 2.85. The summed E-state index contributed by atoms with van der Waals surface area (Å²) < 4.78 is 22.4. The molecular formula is C28H43ClO9. The second kappa shape index (κ2) is 13.7. The molecule has 0 aromatic heterocycles. The molecule has 0 radical (unpaired) electrons. The van der Waals surface area contributed by atoms with E-state index in [-0.39, 0.29) is 18.4 Å². The van der Waals surface area contributed by atoms with Crippen LogP contribution in [0.3, 0.4) is 0 Å². The lowest BCUT2D eigenvalue weighted by Crippen LogP contribution is -2.63. The molecule has 1 aliphatic rings. The van der Waals surface area contributed by atoms with Gasteiger partial charge in [0.05, 0.1) is 17.1 Å². The Morgan fingerprint density at radius 3 is 2.11 bits per heavy atom. The van der Waals surface area contributed by atoms with Crippen LogP contribution in [0.1, 0.15) is 68.2 Å². The van der Waals surface area contributed by atoms with Crippen LogP contribution in [0, 0.1) is 5.92 Å². The summed E-state index contributed by atoms with van der Waals surface area (Å²) in [5.74, 6) is -2.83. The number of rotatable bonds is 11. The van der Waals surface area contributed by atoms with Crippen molar-refractivity contribution in [1.29, 1.82) is 0 Å². The van der Waals surface area contributed by atoms with Gasteiger partial charge in [0, 0.05) is 37.5 Å². The summed E-state index contributed by atoms with van der Waals surface area (Å²) >= 11 is 6.58. The summed E-state index contributed by atoms with van der Waals surface area (Å²) in [5.41, 5.74) is -1.82. The number of ether oxygens (including phenoxy) is 4. The van der Waals surface area contributed by atoms with E-state index in [1.54, 1.807) is 53.7 Å². The molecule has 0 saturated heterocycles. The van der Waals surface area contributed by atoms with Crippen LogP contribution >= 0.6 is 11.6 Å². The molecular weight excluding hydrogens is 516 g/mol. The maximum Gasteiger partial charge on any atom is 0.333 e. The first kappa shape index (κ1) is 33.8. The maximum atomic E-state index is 12.8. The van der Waals surface area contributed by atoms with Gasteiger partial charge < -0.3 is 29.2 Å². The van der Waals surface area contributed by atoms with E-state index in [9.17, 15) is 24.6 Å². The zero-order valence-corrected chi connectivity index (χ0v) is 24.6. The fourth-order valence-electron chi connectivity index (χ4n) is 4.00. The number of hydrogen-bond donors (Lipinski definition) is 2. The lowest BCUT2D eigenvalue weighted by molar-refractivity contribution is -0.203. The highest BCUT2D eigenvalue weighted by atomic mass is 35.5. The Morgan fingerprint density at radius 2 is 1.63 bits per heavy atom. The lowest BCUT2D eigenvalue weighted by Gasteiger charge is -2.48. The fraction of sp³-hybridized carbons (Fsp3) is 0.679. The molecule has 10 heteroatoms. The summed E-state index contributed by atoms with van der Waals surface area (Å²) in [5, 5.41) is 21.2. The van der Waals surface area contributed by atoms with Gasteiger partial charge in [-0.05, 0) is 60.5 Å². The molecule has 0 aliphatic heterocycles. The van der Waals surface area contributed by atoms with E-state index < -0.39 is 64.8 Å². The number of methoxy groups -OCH3 is 1. The van der Waals surface area contributed by atoms with Gasteiger partial charge in [-0.1, -0.05) is 18.7 Å². The van der Waals surface area contributed by atoms with E-state index in [2.05, 4.69) is 6.58 Å². The second-order valence-electron chi connectivity index (χ2n) is 10.4.